The summed E-state index contributed by atoms with van der Waals surface area (Å²) in [7, 11) is 2.75. The highest BCUT2D eigenvalue weighted by Crippen LogP contribution is 2.46. The zero-order chi connectivity index (χ0) is 23.5. The second-order valence-corrected chi connectivity index (χ2v) is 7.47. The summed E-state index contributed by atoms with van der Waals surface area (Å²) in [4.78, 5) is 25.6. The molecule has 8 nitrogen and oxygen atoms in total. The van der Waals surface area contributed by atoms with Gasteiger partial charge in [0.05, 0.1) is 32.3 Å². The summed E-state index contributed by atoms with van der Waals surface area (Å²) in [5.74, 6) is -1.76. The SMILES string of the molecule is COc1ccc(CC2COc3cc(O)c(OC)c(O)c3C2=O)cc1OC(=O)c1ccccc1. The quantitative estimate of drug-likeness (QED) is 0.431. The van der Waals surface area contributed by atoms with Crippen LogP contribution in [0.3, 0.4) is 0 Å². The molecule has 3 aromatic carbocycles. The van der Waals surface area contributed by atoms with E-state index in [1.54, 1.807) is 48.5 Å². The lowest BCUT2D eigenvalue weighted by molar-refractivity contribution is 0.0727. The molecule has 0 aliphatic carbocycles. The number of hydrogen-bond donors (Lipinski definition) is 2. The van der Waals surface area contributed by atoms with Crippen molar-refractivity contribution in [3.8, 4) is 34.5 Å². The molecule has 8 heteroatoms. The molecule has 1 aliphatic rings. The maximum Gasteiger partial charge on any atom is 0.343 e. The van der Waals surface area contributed by atoms with Crippen LogP contribution in [-0.4, -0.2) is 42.8 Å². The first-order valence-electron chi connectivity index (χ1n) is 10.2. The van der Waals surface area contributed by atoms with Crippen molar-refractivity contribution in [3.63, 3.8) is 0 Å². The number of carbonyl (C=O) groups is 2. The van der Waals surface area contributed by atoms with Crippen molar-refractivity contribution in [1.29, 1.82) is 0 Å². The van der Waals surface area contributed by atoms with Gasteiger partial charge in [-0.3, -0.25) is 4.79 Å². The molecule has 0 amide bonds. The molecule has 0 radical (unpaired) electrons. The first-order valence-corrected chi connectivity index (χ1v) is 10.2. The molecule has 33 heavy (non-hydrogen) atoms. The lowest BCUT2D eigenvalue weighted by Crippen LogP contribution is -2.29. The van der Waals surface area contributed by atoms with Crippen LogP contribution in [0.15, 0.2) is 54.6 Å². The molecule has 1 heterocycles. The topological polar surface area (TPSA) is 112 Å². The normalized spacial score (nSPS) is 14.7. The van der Waals surface area contributed by atoms with E-state index in [1.165, 1.54) is 20.3 Å². The van der Waals surface area contributed by atoms with Crippen LogP contribution in [0.1, 0.15) is 26.3 Å². The number of hydrogen-bond acceptors (Lipinski definition) is 8. The third-order valence-electron chi connectivity index (χ3n) is 5.38. The Balaban J connectivity index is 1.58. The van der Waals surface area contributed by atoms with Gasteiger partial charge in [0.2, 0.25) is 5.75 Å². The molecular formula is C25H22O8. The molecule has 2 N–H and O–H groups in total. The number of ether oxygens (including phenoxy) is 4. The van der Waals surface area contributed by atoms with Crippen molar-refractivity contribution in [2.24, 2.45) is 5.92 Å². The molecule has 0 saturated heterocycles. The largest absolute Gasteiger partial charge is 0.504 e. The molecule has 4 rings (SSSR count). The lowest BCUT2D eigenvalue weighted by atomic mass is 9.88. The average Bonchev–Trinajstić information content (AvgIpc) is 2.81. The van der Waals surface area contributed by atoms with Crippen molar-refractivity contribution in [3.05, 3.63) is 71.3 Å². The Kier molecular flexibility index (Phi) is 6.08. The summed E-state index contributed by atoms with van der Waals surface area (Å²) >= 11 is 0. The number of fused-ring (bicyclic) bond motifs is 1. The van der Waals surface area contributed by atoms with Gasteiger partial charge in [0.25, 0.3) is 0 Å². The Morgan fingerprint density at radius 3 is 2.48 bits per heavy atom. The third-order valence-corrected chi connectivity index (χ3v) is 5.38. The third kappa shape index (κ3) is 4.27. The number of Topliss-reactive ketones (excluding diaryl/α,β-unsaturated/α-hetero) is 1. The average molecular weight is 450 g/mol. The van der Waals surface area contributed by atoms with E-state index in [2.05, 4.69) is 0 Å². The van der Waals surface area contributed by atoms with Gasteiger partial charge < -0.3 is 29.2 Å². The van der Waals surface area contributed by atoms with E-state index >= 15 is 0 Å². The van der Waals surface area contributed by atoms with Gasteiger partial charge in [-0.15, -0.1) is 0 Å². The Morgan fingerprint density at radius 2 is 1.79 bits per heavy atom. The minimum atomic E-state index is -0.608. The summed E-state index contributed by atoms with van der Waals surface area (Å²) in [6, 6.07) is 14.9. The molecule has 1 aliphatic heterocycles. The second-order valence-electron chi connectivity index (χ2n) is 7.47. The Labute approximate surface area is 189 Å². The number of rotatable bonds is 6. The van der Waals surface area contributed by atoms with Crippen LogP contribution in [0.5, 0.6) is 34.5 Å². The Hall–Kier alpha value is -4.20. The predicted octanol–water partition coefficient (Wildman–Crippen LogP) is 3.77. The molecule has 0 spiro atoms. The molecule has 0 saturated carbocycles. The van der Waals surface area contributed by atoms with Gasteiger partial charge in [0.15, 0.2) is 28.8 Å². The van der Waals surface area contributed by atoms with Gasteiger partial charge in [-0.25, -0.2) is 4.79 Å². The zero-order valence-electron chi connectivity index (χ0n) is 18.0. The summed E-state index contributed by atoms with van der Waals surface area (Å²) in [5, 5.41) is 20.4. The number of benzene rings is 3. The van der Waals surface area contributed by atoms with E-state index < -0.39 is 17.6 Å². The van der Waals surface area contributed by atoms with Crippen molar-refractivity contribution >= 4 is 11.8 Å². The van der Waals surface area contributed by atoms with E-state index in [1.807, 2.05) is 0 Å². The van der Waals surface area contributed by atoms with Crippen molar-refractivity contribution in [2.75, 3.05) is 20.8 Å². The van der Waals surface area contributed by atoms with Gasteiger partial charge in [-0.05, 0) is 36.2 Å². The molecule has 1 unspecified atom stereocenters. The first-order chi connectivity index (χ1) is 15.9. The summed E-state index contributed by atoms with van der Waals surface area (Å²) in [6.07, 6.45) is 0.265. The Morgan fingerprint density at radius 1 is 1.03 bits per heavy atom. The van der Waals surface area contributed by atoms with Gasteiger partial charge in [0.1, 0.15) is 11.3 Å². The fraction of sp³-hybridized carbons (Fsp3) is 0.200. The van der Waals surface area contributed by atoms with Gasteiger partial charge in [0, 0.05) is 6.07 Å². The van der Waals surface area contributed by atoms with Gasteiger partial charge in [-0.2, -0.15) is 0 Å². The van der Waals surface area contributed by atoms with E-state index in [-0.39, 0.29) is 47.4 Å². The van der Waals surface area contributed by atoms with Gasteiger partial charge >= 0.3 is 5.97 Å². The minimum absolute atomic E-state index is 0.0369. The highest BCUT2D eigenvalue weighted by atomic mass is 16.6. The van der Waals surface area contributed by atoms with E-state index in [4.69, 9.17) is 18.9 Å². The number of phenolic OH excluding ortho intramolecular Hbond substituents is 2. The standard InChI is InChI=1S/C25H22O8/c1-30-18-9-8-14(11-19(18)33-25(29)15-6-4-3-5-7-15)10-16-13-32-20-12-17(26)24(31-2)23(28)21(20)22(16)27/h3-9,11-12,16,26,28H,10,13H2,1-2H3. The summed E-state index contributed by atoms with van der Waals surface area (Å²) in [5.41, 5.74) is 1.07. The lowest BCUT2D eigenvalue weighted by Gasteiger charge is -2.26. The number of phenols is 2. The number of aromatic hydroxyl groups is 2. The van der Waals surface area contributed by atoms with E-state index in [9.17, 15) is 19.8 Å². The van der Waals surface area contributed by atoms with Crippen LogP contribution in [0.25, 0.3) is 0 Å². The Bertz CT molecular complexity index is 1200. The number of carbonyl (C=O) groups excluding carboxylic acids is 2. The fourth-order valence-electron chi connectivity index (χ4n) is 3.73. The highest BCUT2D eigenvalue weighted by Gasteiger charge is 2.34. The van der Waals surface area contributed by atoms with E-state index in [0.717, 1.165) is 0 Å². The molecular weight excluding hydrogens is 428 g/mol. The summed E-state index contributed by atoms with van der Waals surface area (Å²) < 4.78 is 21.5. The maximum atomic E-state index is 13.1. The second kappa shape index (κ2) is 9.12. The van der Waals surface area contributed by atoms with Crippen molar-refractivity contribution < 1.29 is 38.7 Å². The highest BCUT2D eigenvalue weighted by molar-refractivity contribution is 6.05. The smallest absolute Gasteiger partial charge is 0.343 e. The van der Waals surface area contributed by atoms with Crippen LogP contribution in [0, 0.1) is 5.92 Å². The van der Waals surface area contributed by atoms with Crippen molar-refractivity contribution in [2.45, 2.75) is 6.42 Å². The molecule has 1 atom stereocenters. The predicted molar refractivity (Wildman–Crippen MR) is 118 cm³/mol. The molecule has 170 valence electrons. The molecule has 0 bridgehead atoms. The molecule has 0 aromatic heterocycles. The maximum absolute atomic E-state index is 13.1. The number of ketones is 1. The number of esters is 1. The number of methoxy groups -OCH3 is 2. The van der Waals surface area contributed by atoms with Crippen LogP contribution < -0.4 is 18.9 Å². The first kappa shape index (κ1) is 22.0. The van der Waals surface area contributed by atoms with Crippen LogP contribution in [-0.2, 0) is 6.42 Å². The van der Waals surface area contributed by atoms with Crippen LogP contribution in [0.2, 0.25) is 0 Å². The van der Waals surface area contributed by atoms with E-state index in [0.29, 0.717) is 16.9 Å². The minimum Gasteiger partial charge on any atom is -0.504 e. The van der Waals surface area contributed by atoms with Crippen LogP contribution in [0.4, 0.5) is 0 Å². The monoisotopic (exact) mass is 450 g/mol. The van der Waals surface area contributed by atoms with Crippen LogP contribution >= 0.6 is 0 Å². The zero-order valence-corrected chi connectivity index (χ0v) is 18.0. The summed E-state index contributed by atoms with van der Waals surface area (Å²) in [6.45, 7) is 0.0577. The molecule has 0 fully saturated rings. The fourth-order valence-corrected chi connectivity index (χ4v) is 3.73. The van der Waals surface area contributed by atoms with Crippen molar-refractivity contribution in [1.82, 2.24) is 0 Å². The van der Waals surface area contributed by atoms with Gasteiger partial charge in [-0.1, -0.05) is 24.3 Å². The molecule has 3 aromatic rings.